The third-order valence-corrected chi connectivity index (χ3v) is 6.87. The molecule has 0 amide bonds. The molecule has 0 radical (unpaired) electrons. The van der Waals surface area contributed by atoms with Crippen molar-refractivity contribution in [1.82, 2.24) is 0 Å². The molecule has 5 heteroatoms. The highest BCUT2D eigenvalue weighted by Crippen LogP contribution is 2.58. The van der Waals surface area contributed by atoms with Crippen molar-refractivity contribution in [3.8, 4) is 11.5 Å². The summed E-state index contributed by atoms with van der Waals surface area (Å²) in [5.74, 6) is -0.341. The van der Waals surface area contributed by atoms with Gasteiger partial charge in [-0.2, -0.15) is 0 Å². The van der Waals surface area contributed by atoms with E-state index in [0.29, 0.717) is 12.2 Å². The van der Waals surface area contributed by atoms with Gasteiger partial charge in [0.2, 0.25) is 0 Å². The second-order valence-electron chi connectivity index (χ2n) is 9.07. The number of methoxy groups -OCH3 is 1. The number of phenols is 1. The highest BCUT2D eigenvalue weighted by Gasteiger charge is 2.59. The average molecular weight is 389 g/mol. The summed E-state index contributed by atoms with van der Waals surface area (Å²) in [5, 5.41) is 21.5. The molecule has 0 saturated heterocycles. The van der Waals surface area contributed by atoms with Crippen LogP contribution in [0.25, 0.3) is 0 Å². The van der Waals surface area contributed by atoms with Crippen molar-refractivity contribution < 1.29 is 24.5 Å². The van der Waals surface area contributed by atoms with E-state index >= 15 is 0 Å². The molecule has 1 saturated carbocycles. The number of esters is 1. The number of benzene rings is 1. The van der Waals surface area contributed by atoms with E-state index in [9.17, 15) is 15.0 Å². The lowest BCUT2D eigenvalue weighted by atomic mass is 9.67. The Kier molecular flexibility index (Phi) is 5.50. The van der Waals surface area contributed by atoms with Crippen molar-refractivity contribution in [3.63, 3.8) is 0 Å². The third-order valence-electron chi connectivity index (χ3n) is 6.87. The van der Waals surface area contributed by atoms with Gasteiger partial charge in [-0.25, -0.2) is 4.79 Å². The summed E-state index contributed by atoms with van der Waals surface area (Å²) in [6, 6.07) is 4.50. The van der Waals surface area contributed by atoms with Crippen LogP contribution in [0.1, 0.15) is 63.7 Å². The summed E-state index contributed by atoms with van der Waals surface area (Å²) in [6.07, 6.45) is 4.95. The summed E-state index contributed by atoms with van der Waals surface area (Å²) >= 11 is 0. The van der Waals surface area contributed by atoms with Gasteiger partial charge >= 0.3 is 5.97 Å². The van der Waals surface area contributed by atoms with Gasteiger partial charge in [0, 0.05) is 12.3 Å². The van der Waals surface area contributed by atoms with Crippen molar-refractivity contribution in [3.05, 3.63) is 35.4 Å². The fourth-order valence-corrected chi connectivity index (χ4v) is 5.11. The molecule has 4 atom stereocenters. The van der Waals surface area contributed by atoms with Crippen LogP contribution in [-0.2, 0) is 4.74 Å². The maximum atomic E-state index is 12.9. The first-order valence-corrected chi connectivity index (χ1v) is 10.1. The number of phenolic OH excluding ortho intramolecular Hbond substituents is 1. The normalized spacial score (nSPS) is 32.5. The number of carbonyl (C=O) groups is 1. The summed E-state index contributed by atoms with van der Waals surface area (Å²) in [4.78, 5) is 12.9. The van der Waals surface area contributed by atoms with Crippen LogP contribution in [0.15, 0.2) is 29.8 Å². The van der Waals surface area contributed by atoms with Gasteiger partial charge in [0.1, 0.15) is 6.10 Å². The van der Waals surface area contributed by atoms with E-state index in [-0.39, 0.29) is 28.6 Å². The van der Waals surface area contributed by atoms with Crippen LogP contribution in [0.4, 0.5) is 0 Å². The van der Waals surface area contributed by atoms with E-state index in [4.69, 9.17) is 9.47 Å². The molecule has 2 N–H and O–H groups in total. The summed E-state index contributed by atoms with van der Waals surface area (Å²) in [7, 11) is 1.46. The molecular weight excluding hydrogens is 356 g/mol. The van der Waals surface area contributed by atoms with Crippen molar-refractivity contribution in [1.29, 1.82) is 0 Å². The van der Waals surface area contributed by atoms with Crippen LogP contribution in [0.5, 0.6) is 11.5 Å². The number of fused-ring (bicyclic) bond motifs is 1. The summed E-state index contributed by atoms with van der Waals surface area (Å²) < 4.78 is 11.0. The minimum absolute atomic E-state index is 0.0731. The zero-order valence-electron chi connectivity index (χ0n) is 17.5. The molecule has 28 heavy (non-hydrogen) atoms. The Morgan fingerprint density at radius 3 is 2.61 bits per heavy atom. The van der Waals surface area contributed by atoms with Gasteiger partial charge in [0.25, 0.3) is 0 Å². The standard InChI is InChI=1S/C23H32O5/c1-14(2)23(26)11-10-22(4)9-8-15(3)12-19(20(22)23)28-21(25)16-6-7-18(27-5)17(24)13-16/h6-8,13-14,19-20,24,26H,9-12H2,1-5H3/t19-,20-,22-,23+/m1/s1. The SMILES string of the molecule is COc1ccc(C(=O)O[C@@H]2CC(C)=CC[C@]3(C)CC[C@](O)(C(C)C)[C@H]23)cc1O. The van der Waals surface area contributed by atoms with Crippen LogP contribution in [0.3, 0.4) is 0 Å². The largest absolute Gasteiger partial charge is 0.504 e. The number of carbonyl (C=O) groups excluding carboxylic acids is 1. The molecule has 0 aromatic heterocycles. The van der Waals surface area contributed by atoms with Gasteiger partial charge in [0.05, 0.1) is 18.3 Å². The maximum Gasteiger partial charge on any atom is 0.338 e. The molecule has 0 bridgehead atoms. The molecule has 0 aliphatic heterocycles. The Labute approximate surface area is 167 Å². The predicted octanol–water partition coefficient (Wildman–Crippen LogP) is 4.47. The van der Waals surface area contributed by atoms with Crippen molar-refractivity contribution in [2.75, 3.05) is 7.11 Å². The third kappa shape index (κ3) is 3.52. The Bertz CT molecular complexity index is 783. The summed E-state index contributed by atoms with van der Waals surface area (Å²) in [6.45, 7) is 8.33. The monoisotopic (exact) mass is 388 g/mol. The lowest BCUT2D eigenvalue weighted by Crippen LogP contribution is -2.50. The first kappa shape index (κ1) is 20.7. The molecule has 154 valence electrons. The van der Waals surface area contributed by atoms with Gasteiger partial charge in [-0.05, 0) is 55.7 Å². The molecule has 5 nitrogen and oxygen atoms in total. The molecule has 2 aliphatic carbocycles. The van der Waals surface area contributed by atoms with E-state index in [1.54, 1.807) is 12.1 Å². The molecule has 3 rings (SSSR count). The van der Waals surface area contributed by atoms with Gasteiger partial charge in [-0.3, -0.25) is 0 Å². The fraction of sp³-hybridized carbons (Fsp3) is 0.609. The van der Waals surface area contributed by atoms with E-state index in [1.807, 2.05) is 13.8 Å². The average Bonchev–Trinajstić information content (AvgIpc) is 2.84. The van der Waals surface area contributed by atoms with Gasteiger partial charge < -0.3 is 19.7 Å². The van der Waals surface area contributed by atoms with Crippen LogP contribution in [0.2, 0.25) is 0 Å². The van der Waals surface area contributed by atoms with Gasteiger partial charge in [-0.1, -0.05) is 32.4 Å². The topological polar surface area (TPSA) is 76.0 Å². The lowest BCUT2D eigenvalue weighted by Gasteiger charge is -2.43. The molecule has 0 unspecified atom stereocenters. The Morgan fingerprint density at radius 2 is 2.00 bits per heavy atom. The maximum absolute atomic E-state index is 12.9. The predicted molar refractivity (Wildman–Crippen MR) is 107 cm³/mol. The summed E-state index contributed by atoms with van der Waals surface area (Å²) in [5.41, 5.74) is 0.485. The van der Waals surface area contributed by atoms with E-state index in [2.05, 4.69) is 19.9 Å². The van der Waals surface area contributed by atoms with Crippen molar-refractivity contribution in [2.45, 2.75) is 65.1 Å². The van der Waals surface area contributed by atoms with E-state index < -0.39 is 17.7 Å². The lowest BCUT2D eigenvalue weighted by molar-refractivity contribution is -0.112. The van der Waals surface area contributed by atoms with Crippen LogP contribution in [0, 0.1) is 17.3 Å². The van der Waals surface area contributed by atoms with Crippen LogP contribution < -0.4 is 4.74 Å². The number of hydrogen-bond acceptors (Lipinski definition) is 5. The number of allylic oxidation sites excluding steroid dienone is 1. The van der Waals surface area contributed by atoms with Crippen LogP contribution in [-0.4, -0.2) is 35.0 Å². The van der Waals surface area contributed by atoms with Gasteiger partial charge in [-0.15, -0.1) is 0 Å². The first-order chi connectivity index (χ1) is 13.1. The Morgan fingerprint density at radius 1 is 1.29 bits per heavy atom. The molecule has 1 aromatic rings. The van der Waals surface area contributed by atoms with Crippen LogP contribution >= 0.6 is 0 Å². The molecule has 0 spiro atoms. The first-order valence-electron chi connectivity index (χ1n) is 10.1. The zero-order chi connectivity index (χ0) is 20.7. The smallest absolute Gasteiger partial charge is 0.338 e. The Balaban J connectivity index is 1.92. The molecular formula is C23H32O5. The number of aliphatic hydroxyl groups is 1. The number of aromatic hydroxyl groups is 1. The molecule has 0 heterocycles. The minimum atomic E-state index is -0.861. The highest BCUT2D eigenvalue weighted by atomic mass is 16.5. The van der Waals surface area contributed by atoms with Crippen molar-refractivity contribution >= 4 is 5.97 Å². The van der Waals surface area contributed by atoms with E-state index in [1.165, 1.54) is 18.7 Å². The Hall–Kier alpha value is -2.01. The molecule has 1 fully saturated rings. The highest BCUT2D eigenvalue weighted by molar-refractivity contribution is 5.90. The quantitative estimate of drug-likeness (QED) is 0.588. The number of ether oxygens (including phenoxy) is 2. The molecule has 1 aromatic carbocycles. The second-order valence-corrected chi connectivity index (χ2v) is 9.07. The second kappa shape index (κ2) is 7.43. The van der Waals surface area contributed by atoms with E-state index in [0.717, 1.165) is 19.3 Å². The number of hydrogen-bond donors (Lipinski definition) is 2. The van der Waals surface area contributed by atoms with Crippen molar-refractivity contribution in [2.24, 2.45) is 17.3 Å². The minimum Gasteiger partial charge on any atom is -0.504 e. The fourth-order valence-electron chi connectivity index (χ4n) is 5.11. The van der Waals surface area contributed by atoms with Gasteiger partial charge in [0.15, 0.2) is 11.5 Å². The molecule has 2 aliphatic rings. The zero-order valence-corrected chi connectivity index (χ0v) is 17.5. The number of rotatable bonds is 4.